The fraction of sp³-hybridized carbons (Fsp3) is 0.615. The van der Waals surface area contributed by atoms with Crippen molar-refractivity contribution in [3.63, 3.8) is 0 Å². The molecule has 0 spiro atoms. The van der Waals surface area contributed by atoms with E-state index < -0.39 is 5.95 Å². The van der Waals surface area contributed by atoms with E-state index in [0.717, 1.165) is 12.8 Å². The summed E-state index contributed by atoms with van der Waals surface area (Å²) in [7, 11) is 0. The zero-order chi connectivity index (χ0) is 12.3. The predicted octanol–water partition coefficient (Wildman–Crippen LogP) is 2.27. The van der Waals surface area contributed by atoms with Crippen LogP contribution in [-0.4, -0.2) is 23.2 Å². The van der Waals surface area contributed by atoms with Crippen LogP contribution in [-0.2, 0) is 11.3 Å². The van der Waals surface area contributed by atoms with Gasteiger partial charge in [-0.25, -0.2) is 4.98 Å². The number of nitrogens with zero attached hydrogens (tertiary/aromatic N) is 1. The summed E-state index contributed by atoms with van der Waals surface area (Å²) in [6, 6.07) is 4.51. The Morgan fingerprint density at radius 3 is 2.94 bits per heavy atom. The maximum absolute atomic E-state index is 13.2. The van der Waals surface area contributed by atoms with Crippen LogP contribution in [0.5, 0.6) is 0 Å². The summed E-state index contributed by atoms with van der Waals surface area (Å²) in [6.07, 6.45) is 3.73. The molecule has 0 atom stereocenters. The third-order valence-electron chi connectivity index (χ3n) is 2.97. The minimum Gasteiger partial charge on any atom is -0.373 e. The largest absolute Gasteiger partial charge is 0.373 e. The number of hydrogen-bond acceptors (Lipinski definition) is 3. The van der Waals surface area contributed by atoms with E-state index in [4.69, 9.17) is 4.74 Å². The SMILES string of the molecule is CC(C)N[C@H]1C[C@H](OCc2cccnc2F)C1. The molecule has 0 aliphatic heterocycles. The molecule has 0 amide bonds. The smallest absolute Gasteiger partial charge is 0.218 e. The second kappa shape index (κ2) is 5.56. The molecule has 0 bridgehead atoms. The van der Waals surface area contributed by atoms with E-state index in [0.29, 0.717) is 24.3 Å². The molecule has 0 radical (unpaired) electrons. The summed E-state index contributed by atoms with van der Waals surface area (Å²) in [5.74, 6) is -0.427. The molecular weight excluding hydrogens is 219 g/mol. The van der Waals surface area contributed by atoms with Gasteiger partial charge in [-0.05, 0) is 18.9 Å². The number of rotatable bonds is 5. The molecular formula is C13H19FN2O. The van der Waals surface area contributed by atoms with Crippen molar-refractivity contribution in [3.05, 3.63) is 29.8 Å². The number of aromatic nitrogens is 1. The maximum atomic E-state index is 13.2. The Bertz CT molecular complexity index is 364. The highest BCUT2D eigenvalue weighted by atomic mass is 19.1. The summed E-state index contributed by atoms with van der Waals surface area (Å²) in [5, 5.41) is 3.45. The van der Waals surface area contributed by atoms with Crippen molar-refractivity contribution in [2.45, 2.75) is 51.5 Å². The molecule has 94 valence electrons. The van der Waals surface area contributed by atoms with Crippen LogP contribution in [0.2, 0.25) is 0 Å². The van der Waals surface area contributed by atoms with Gasteiger partial charge in [-0.15, -0.1) is 0 Å². The van der Waals surface area contributed by atoms with Gasteiger partial charge in [0, 0.05) is 23.8 Å². The lowest BCUT2D eigenvalue weighted by molar-refractivity contribution is -0.0291. The van der Waals surface area contributed by atoms with Gasteiger partial charge in [0.15, 0.2) is 0 Å². The summed E-state index contributed by atoms with van der Waals surface area (Å²) in [4.78, 5) is 3.60. The third kappa shape index (κ3) is 3.48. The molecule has 17 heavy (non-hydrogen) atoms. The second-order valence-electron chi connectivity index (χ2n) is 4.88. The van der Waals surface area contributed by atoms with Crippen molar-refractivity contribution in [1.29, 1.82) is 0 Å². The Labute approximate surface area is 101 Å². The van der Waals surface area contributed by atoms with E-state index in [9.17, 15) is 4.39 Å². The maximum Gasteiger partial charge on any atom is 0.218 e. The molecule has 1 aliphatic carbocycles. The first kappa shape index (κ1) is 12.5. The molecule has 1 N–H and O–H groups in total. The Kier molecular flexibility index (Phi) is 4.07. The lowest BCUT2D eigenvalue weighted by Gasteiger charge is -2.37. The van der Waals surface area contributed by atoms with Gasteiger partial charge < -0.3 is 10.1 Å². The standard InChI is InChI=1S/C13H19FN2O/c1-9(2)16-11-6-12(7-11)17-8-10-4-3-5-15-13(10)14/h3-5,9,11-12,16H,6-8H2,1-2H3/t11-,12-. The molecule has 0 saturated heterocycles. The molecule has 2 rings (SSSR count). The third-order valence-corrected chi connectivity index (χ3v) is 2.97. The second-order valence-corrected chi connectivity index (χ2v) is 4.88. The summed E-state index contributed by atoms with van der Waals surface area (Å²) < 4.78 is 18.8. The van der Waals surface area contributed by atoms with Gasteiger partial charge in [0.1, 0.15) is 0 Å². The highest BCUT2D eigenvalue weighted by Crippen LogP contribution is 2.25. The molecule has 4 heteroatoms. The number of ether oxygens (including phenoxy) is 1. The van der Waals surface area contributed by atoms with Crippen molar-refractivity contribution in [1.82, 2.24) is 10.3 Å². The fourth-order valence-electron chi connectivity index (χ4n) is 2.04. The van der Waals surface area contributed by atoms with E-state index in [1.54, 1.807) is 12.1 Å². The van der Waals surface area contributed by atoms with E-state index in [-0.39, 0.29) is 6.10 Å². The zero-order valence-electron chi connectivity index (χ0n) is 10.3. The van der Waals surface area contributed by atoms with Gasteiger partial charge in [0.2, 0.25) is 5.95 Å². The zero-order valence-corrected chi connectivity index (χ0v) is 10.3. The van der Waals surface area contributed by atoms with Crippen LogP contribution in [0.25, 0.3) is 0 Å². The first-order valence-corrected chi connectivity index (χ1v) is 6.12. The van der Waals surface area contributed by atoms with Gasteiger partial charge in [-0.2, -0.15) is 4.39 Å². The van der Waals surface area contributed by atoms with Crippen LogP contribution in [0, 0.1) is 5.95 Å². The minimum absolute atomic E-state index is 0.255. The fourth-order valence-corrected chi connectivity index (χ4v) is 2.04. The molecule has 1 aromatic heterocycles. The van der Waals surface area contributed by atoms with Crippen molar-refractivity contribution in [2.24, 2.45) is 0 Å². The lowest BCUT2D eigenvalue weighted by Crippen LogP contribution is -2.47. The number of halogens is 1. The Morgan fingerprint density at radius 2 is 2.29 bits per heavy atom. The molecule has 1 saturated carbocycles. The molecule has 1 aromatic rings. The molecule has 1 heterocycles. The molecule has 0 unspecified atom stereocenters. The normalized spacial score (nSPS) is 23.8. The van der Waals surface area contributed by atoms with Crippen LogP contribution in [0.4, 0.5) is 4.39 Å². The van der Waals surface area contributed by atoms with Crippen molar-refractivity contribution in [3.8, 4) is 0 Å². The number of nitrogens with one attached hydrogen (secondary N) is 1. The topological polar surface area (TPSA) is 34.1 Å². The first-order valence-electron chi connectivity index (χ1n) is 6.12. The van der Waals surface area contributed by atoms with Crippen LogP contribution in [0.1, 0.15) is 32.3 Å². The van der Waals surface area contributed by atoms with Crippen molar-refractivity contribution in [2.75, 3.05) is 0 Å². The molecule has 1 aliphatic rings. The van der Waals surface area contributed by atoms with Gasteiger partial charge in [-0.1, -0.05) is 19.9 Å². The van der Waals surface area contributed by atoms with Crippen molar-refractivity contribution < 1.29 is 9.13 Å². The highest BCUT2D eigenvalue weighted by molar-refractivity contribution is 5.09. The average Bonchev–Trinajstić information content (AvgIpc) is 2.23. The molecule has 0 aromatic carbocycles. The van der Waals surface area contributed by atoms with E-state index in [1.807, 2.05) is 0 Å². The predicted molar refractivity (Wildman–Crippen MR) is 64.1 cm³/mol. The van der Waals surface area contributed by atoms with E-state index in [2.05, 4.69) is 24.1 Å². The highest BCUT2D eigenvalue weighted by Gasteiger charge is 2.30. The summed E-state index contributed by atoms with van der Waals surface area (Å²) >= 11 is 0. The van der Waals surface area contributed by atoms with Gasteiger partial charge in [0.25, 0.3) is 0 Å². The molecule has 3 nitrogen and oxygen atoms in total. The van der Waals surface area contributed by atoms with E-state index >= 15 is 0 Å². The minimum atomic E-state index is -0.427. The number of hydrogen-bond donors (Lipinski definition) is 1. The summed E-state index contributed by atoms with van der Waals surface area (Å²) in [5.41, 5.74) is 0.535. The van der Waals surface area contributed by atoms with Crippen LogP contribution < -0.4 is 5.32 Å². The quantitative estimate of drug-likeness (QED) is 0.799. The molecule has 1 fully saturated rings. The Balaban J connectivity index is 1.70. The van der Waals surface area contributed by atoms with Crippen LogP contribution in [0.3, 0.4) is 0 Å². The first-order chi connectivity index (χ1) is 8.15. The van der Waals surface area contributed by atoms with Gasteiger partial charge in [-0.3, -0.25) is 0 Å². The monoisotopic (exact) mass is 238 g/mol. The summed E-state index contributed by atoms with van der Waals surface area (Å²) in [6.45, 7) is 4.59. The average molecular weight is 238 g/mol. The van der Waals surface area contributed by atoms with Gasteiger partial charge in [0.05, 0.1) is 12.7 Å². The Hall–Kier alpha value is -1.00. The van der Waals surface area contributed by atoms with Crippen molar-refractivity contribution >= 4 is 0 Å². The van der Waals surface area contributed by atoms with Gasteiger partial charge >= 0.3 is 0 Å². The van der Waals surface area contributed by atoms with Crippen LogP contribution >= 0.6 is 0 Å². The lowest BCUT2D eigenvalue weighted by atomic mass is 9.88. The van der Waals surface area contributed by atoms with E-state index in [1.165, 1.54) is 6.20 Å². The Morgan fingerprint density at radius 1 is 1.53 bits per heavy atom. The van der Waals surface area contributed by atoms with Crippen LogP contribution in [0.15, 0.2) is 18.3 Å². The number of pyridine rings is 1.